The van der Waals surface area contributed by atoms with E-state index in [2.05, 4.69) is 123 Å². The second kappa shape index (κ2) is 6.81. The summed E-state index contributed by atoms with van der Waals surface area (Å²) in [6.45, 7) is 2.07. The summed E-state index contributed by atoms with van der Waals surface area (Å²) in [6.07, 6.45) is 8.15. The third-order valence-corrected chi connectivity index (χ3v) is 15.8. The lowest BCUT2D eigenvalue weighted by molar-refractivity contribution is -1.05. The molecule has 212 valence electrons. The number of benzene rings is 3. The summed E-state index contributed by atoms with van der Waals surface area (Å²) in [4.78, 5) is 12.4. The molecule has 0 aliphatic carbocycles. The Morgan fingerprint density at radius 2 is 1.67 bits per heavy atom. The van der Waals surface area contributed by atoms with Crippen molar-refractivity contribution in [2.24, 2.45) is 0 Å². The average molecular weight is 610 g/mol. The number of ether oxygens (including phenoxy) is 1. The Morgan fingerprint density at radius 1 is 0.848 bits per heavy atom. The lowest BCUT2D eigenvalue weighted by Gasteiger charge is -2.37. The van der Waals surface area contributed by atoms with E-state index in [9.17, 15) is 0 Å². The molecule has 5 aromatic heterocycles. The summed E-state index contributed by atoms with van der Waals surface area (Å²) in [5, 5.41) is 11.7. The van der Waals surface area contributed by atoms with Crippen LogP contribution in [-0.4, -0.2) is 32.5 Å². The van der Waals surface area contributed by atoms with Crippen LogP contribution in [0, 0.1) is 6.92 Å². The van der Waals surface area contributed by atoms with Gasteiger partial charge in [0.05, 0.1) is 23.3 Å². The fourth-order valence-electron chi connectivity index (χ4n) is 9.52. The predicted octanol–water partition coefficient (Wildman–Crippen LogP) is 2.42. The molecule has 0 amide bonds. The quantitative estimate of drug-likeness (QED) is 0.151. The summed E-state index contributed by atoms with van der Waals surface area (Å²) >= 11 is 0. The van der Waals surface area contributed by atoms with E-state index in [-0.39, 0.29) is 4.81 Å². The molecule has 10 heterocycles. The summed E-state index contributed by atoms with van der Waals surface area (Å²) in [6, 6.07) is 31.0. The Kier molecular flexibility index (Phi) is 3.33. The minimum Gasteiger partial charge on any atom is -0.394 e. The van der Waals surface area contributed by atoms with Crippen LogP contribution in [-0.2, 0) is 0 Å². The standard InChI is InChI=1S/C36H21N8OSi/c1-20-17-25-24-9-6-12-31-42(24)44(43(25)39-20)35-26(45-31)13-14-29-34(35)41-33-23(32-36(41)40(44)16-15-38-32)18-37-19-30(33)46(29)27-10-4-2-7-21(27)22-8-3-5-11-28(22)46/h2-19H,1H3/q+3. The molecule has 0 saturated carbocycles. The molecule has 13 rings (SSSR count). The number of fused-ring (bicyclic) bond motifs is 10. The summed E-state index contributed by atoms with van der Waals surface area (Å²) in [7, 11) is -2.87. The number of quaternary nitrogens is 1. The maximum atomic E-state index is 6.87. The molecule has 46 heavy (non-hydrogen) atoms. The number of aryl methyl sites for hydroxylation is 1. The van der Waals surface area contributed by atoms with Crippen molar-refractivity contribution in [3.63, 3.8) is 0 Å². The van der Waals surface area contributed by atoms with E-state index in [1.807, 2.05) is 12.4 Å². The van der Waals surface area contributed by atoms with Crippen molar-refractivity contribution in [3.05, 3.63) is 115 Å². The first kappa shape index (κ1) is 22.5. The van der Waals surface area contributed by atoms with Gasteiger partial charge in [0.1, 0.15) is 10.2 Å². The minimum absolute atomic E-state index is 0.166. The monoisotopic (exact) mass is 609 g/mol. The molecule has 8 aromatic rings. The van der Waals surface area contributed by atoms with Crippen LogP contribution in [0.5, 0.6) is 11.6 Å². The average Bonchev–Trinajstić information content (AvgIpc) is 3.81. The Labute approximate surface area is 261 Å². The second-order valence-corrected chi connectivity index (χ2v) is 16.5. The van der Waals surface area contributed by atoms with Gasteiger partial charge in [0.2, 0.25) is 21.9 Å². The predicted molar refractivity (Wildman–Crippen MR) is 173 cm³/mol. The van der Waals surface area contributed by atoms with Gasteiger partial charge in [-0.2, -0.15) is 4.57 Å². The number of rotatable bonds is 0. The molecule has 5 aliphatic rings. The molecule has 5 aliphatic heterocycles. The van der Waals surface area contributed by atoms with Gasteiger partial charge in [0.25, 0.3) is 0 Å². The number of nitrogens with zero attached hydrogens (tertiary/aromatic N) is 8. The lowest BCUT2D eigenvalue weighted by atomic mass is 10.1. The second-order valence-electron chi connectivity index (χ2n) is 12.8. The van der Waals surface area contributed by atoms with Gasteiger partial charge in [-0.3, -0.25) is 4.98 Å². The zero-order valence-electron chi connectivity index (χ0n) is 24.4. The van der Waals surface area contributed by atoms with E-state index in [1.54, 1.807) is 0 Å². The van der Waals surface area contributed by atoms with E-state index < -0.39 is 8.07 Å². The molecule has 0 fully saturated rings. The van der Waals surface area contributed by atoms with Crippen LogP contribution in [0.2, 0.25) is 0 Å². The molecule has 3 aromatic carbocycles. The fourth-order valence-corrected chi connectivity index (χ4v) is 15.0. The Hall–Kier alpha value is -5.97. The summed E-state index contributed by atoms with van der Waals surface area (Å²) in [5.41, 5.74) is 11.0. The van der Waals surface area contributed by atoms with E-state index >= 15 is 0 Å². The highest BCUT2D eigenvalue weighted by Gasteiger charge is 2.73. The van der Waals surface area contributed by atoms with Crippen molar-refractivity contribution < 1.29 is 14.1 Å². The van der Waals surface area contributed by atoms with E-state index in [0.717, 1.165) is 56.6 Å². The molecule has 0 radical (unpaired) electrons. The Bertz CT molecular complexity index is 2790. The smallest absolute Gasteiger partial charge is 0.394 e. The van der Waals surface area contributed by atoms with Crippen molar-refractivity contribution in [1.29, 1.82) is 0 Å². The zero-order chi connectivity index (χ0) is 29.7. The first-order valence-corrected chi connectivity index (χ1v) is 17.5. The molecular formula is C36H21N8OSi+3. The van der Waals surface area contributed by atoms with Gasteiger partial charge in [0.15, 0.2) is 19.8 Å². The maximum absolute atomic E-state index is 6.87. The number of pyridine rings is 2. The number of hydrogen-bond donors (Lipinski definition) is 0. The Morgan fingerprint density at radius 3 is 2.52 bits per heavy atom. The first-order valence-electron chi connectivity index (χ1n) is 15.5. The van der Waals surface area contributed by atoms with Gasteiger partial charge in [-0.25, -0.2) is 4.98 Å². The van der Waals surface area contributed by atoms with Gasteiger partial charge < -0.3 is 4.74 Å². The zero-order valence-corrected chi connectivity index (χ0v) is 25.4. The van der Waals surface area contributed by atoms with Gasteiger partial charge in [-0.15, -0.1) is 5.10 Å². The van der Waals surface area contributed by atoms with E-state index in [0.29, 0.717) is 0 Å². The Balaban J connectivity index is 1.36. The highest BCUT2D eigenvalue weighted by atomic mass is 28.3. The SMILES string of the molecule is Cc1cc2n(n1)[N+]13c4c(ccc5c4-n4c6c(cncc6c6ncc[n+]1c64)[Si]51c4ccccc4-c4ccccc41)Oc1cccc-2[n+]13. The third kappa shape index (κ3) is 1.96. The third-order valence-electron chi connectivity index (χ3n) is 10.9. The van der Waals surface area contributed by atoms with Crippen molar-refractivity contribution >= 4 is 56.6 Å². The molecule has 1 unspecified atom stereocenters. The van der Waals surface area contributed by atoms with Gasteiger partial charge in [-0.05, 0) is 46.6 Å². The summed E-state index contributed by atoms with van der Waals surface area (Å²) < 4.78 is 13.9. The van der Waals surface area contributed by atoms with Crippen LogP contribution in [0.15, 0.2) is 110 Å². The molecule has 9 nitrogen and oxygen atoms in total. The highest BCUT2D eigenvalue weighted by Crippen LogP contribution is 2.51. The van der Waals surface area contributed by atoms with Crippen LogP contribution >= 0.6 is 0 Å². The van der Waals surface area contributed by atoms with Gasteiger partial charge >= 0.3 is 22.9 Å². The van der Waals surface area contributed by atoms with Crippen LogP contribution in [0.4, 0.5) is 5.69 Å². The first-order chi connectivity index (χ1) is 22.7. The van der Waals surface area contributed by atoms with Crippen molar-refractivity contribution in [2.45, 2.75) is 6.92 Å². The van der Waals surface area contributed by atoms with Crippen LogP contribution in [0.3, 0.4) is 0 Å². The molecule has 1 atom stereocenters. The van der Waals surface area contributed by atoms with Crippen molar-refractivity contribution in [2.75, 3.05) is 0 Å². The van der Waals surface area contributed by atoms with Gasteiger partial charge in [-0.1, -0.05) is 54.6 Å². The molecular weight excluding hydrogens is 589 g/mol. The molecule has 0 bridgehead atoms. The summed E-state index contributed by atoms with van der Waals surface area (Å²) in [5.74, 6) is 1.58. The van der Waals surface area contributed by atoms with Crippen LogP contribution < -0.4 is 39.6 Å². The van der Waals surface area contributed by atoms with Crippen LogP contribution in [0.25, 0.3) is 50.3 Å². The lowest BCUT2D eigenvalue weighted by Crippen LogP contribution is -2.89. The largest absolute Gasteiger partial charge is 0.438 e. The topological polar surface area (TPSA) is 65.5 Å². The fraction of sp³-hybridized carbons (Fsp3) is 0.0278. The highest BCUT2D eigenvalue weighted by molar-refractivity contribution is 7.23. The van der Waals surface area contributed by atoms with Crippen LogP contribution in [0.1, 0.15) is 5.69 Å². The van der Waals surface area contributed by atoms with Crippen molar-refractivity contribution in [3.8, 4) is 39.8 Å². The molecule has 2 spiro atoms. The van der Waals surface area contributed by atoms with Gasteiger partial charge in [0, 0.05) is 38.3 Å². The number of aromatic nitrogens is 7. The molecule has 0 N–H and O–H groups in total. The molecule has 0 saturated heterocycles. The molecule has 10 heteroatoms. The van der Waals surface area contributed by atoms with E-state index in [1.165, 1.54) is 37.4 Å². The van der Waals surface area contributed by atoms with Crippen molar-refractivity contribution in [1.82, 2.24) is 29.2 Å². The maximum Gasteiger partial charge on any atom is 0.438 e. The number of hydrogen-bond acceptors (Lipinski definition) is 4. The van der Waals surface area contributed by atoms with E-state index in [4.69, 9.17) is 19.8 Å². The normalized spacial score (nSPS) is 18.5. The minimum atomic E-state index is -2.87.